The number of ether oxygens (including phenoxy) is 1. The molecule has 0 saturated heterocycles. The van der Waals surface area contributed by atoms with Crippen molar-refractivity contribution in [1.29, 1.82) is 0 Å². The predicted molar refractivity (Wildman–Crippen MR) is 107 cm³/mol. The second-order valence-corrected chi connectivity index (χ2v) is 6.25. The Hall–Kier alpha value is -4.28. The molecule has 0 fully saturated rings. The molecule has 0 bridgehead atoms. The van der Waals surface area contributed by atoms with Crippen LogP contribution in [0.25, 0.3) is 5.69 Å². The van der Waals surface area contributed by atoms with E-state index in [2.05, 4.69) is 10.4 Å². The topological polar surface area (TPSA) is 138 Å². The standard InChI is InChI=1S/C19H17N5O6/c1-12(25)20-14-4-3-5-16(10-14)23-19(27)22(18(26)17(21-23)30-2)11-13-6-8-15(9-7-13)24(28)29/h3-10H,11H2,1-2H3,(H,20,25). The van der Waals surface area contributed by atoms with E-state index in [0.29, 0.717) is 16.9 Å². The summed E-state index contributed by atoms with van der Waals surface area (Å²) in [6.45, 7) is 1.21. The average Bonchev–Trinajstić information content (AvgIpc) is 2.71. The summed E-state index contributed by atoms with van der Waals surface area (Å²) in [6, 6.07) is 11.8. The van der Waals surface area contributed by atoms with Crippen LogP contribution in [0.5, 0.6) is 5.88 Å². The van der Waals surface area contributed by atoms with E-state index in [1.54, 1.807) is 18.2 Å². The predicted octanol–water partition coefficient (Wildman–Crippen LogP) is 1.32. The highest BCUT2D eigenvalue weighted by molar-refractivity contribution is 5.88. The van der Waals surface area contributed by atoms with Gasteiger partial charge in [0.1, 0.15) is 0 Å². The number of rotatable bonds is 6. The lowest BCUT2D eigenvalue weighted by molar-refractivity contribution is -0.384. The number of nitrogens with one attached hydrogen (secondary N) is 1. The lowest BCUT2D eigenvalue weighted by Gasteiger charge is -2.12. The monoisotopic (exact) mass is 411 g/mol. The van der Waals surface area contributed by atoms with Crippen molar-refractivity contribution in [2.75, 3.05) is 12.4 Å². The maximum Gasteiger partial charge on any atom is 0.352 e. The largest absolute Gasteiger partial charge is 0.476 e. The quantitative estimate of drug-likeness (QED) is 0.477. The van der Waals surface area contributed by atoms with Gasteiger partial charge in [0.05, 0.1) is 24.3 Å². The lowest BCUT2D eigenvalue weighted by atomic mass is 10.2. The first-order chi connectivity index (χ1) is 14.3. The van der Waals surface area contributed by atoms with Crippen molar-refractivity contribution in [3.63, 3.8) is 0 Å². The fraction of sp³-hybridized carbons (Fsp3) is 0.158. The number of aromatic nitrogens is 3. The molecule has 3 rings (SSSR count). The van der Waals surface area contributed by atoms with Gasteiger partial charge in [0.2, 0.25) is 5.91 Å². The van der Waals surface area contributed by atoms with Gasteiger partial charge in [0.15, 0.2) is 0 Å². The molecule has 0 radical (unpaired) electrons. The second-order valence-electron chi connectivity index (χ2n) is 6.25. The molecule has 0 aliphatic heterocycles. The van der Waals surface area contributed by atoms with Crippen molar-refractivity contribution in [3.8, 4) is 11.6 Å². The van der Waals surface area contributed by atoms with Gasteiger partial charge >= 0.3 is 11.2 Å². The molecule has 11 nitrogen and oxygen atoms in total. The molecule has 2 aromatic carbocycles. The van der Waals surface area contributed by atoms with Crippen molar-refractivity contribution in [2.45, 2.75) is 13.5 Å². The van der Waals surface area contributed by atoms with Gasteiger partial charge in [0, 0.05) is 24.7 Å². The van der Waals surface area contributed by atoms with E-state index >= 15 is 0 Å². The molecular formula is C19H17N5O6. The van der Waals surface area contributed by atoms with E-state index < -0.39 is 16.2 Å². The molecule has 0 saturated carbocycles. The van der Waals surface area contributed by atoms with Gasteiger partial charge in [-0.25, -0.2) is 9.36 Å². The molecule has 1 amide bonds. The Morgan fingerprint density at radius 1 is 1.20 bits per heavy atom. The van der Waals surface area contributed by atoms with Gasteiger partial charge in [0.25, 0.3) is 11.6 Å². The van der Waals surface area contributed by atoms with Crippen molar-refractivity contribution in [3.05, 3.63) is 85.0 Å². The Labute approximate surface area is 169 Å². The number of nitro benzene ring substituents is 1. The lowest BCUT2D eigenvalue weighted by Crippen LogP contribution is -2.41. The molecule has 0 aliphatic carbocycles. The number of anilines is 1. The number of carbonyl (C=O) groups excluding carboxylic acids is 1. The average molecular weight is 411 g/mol. The SMILES string of the molecule is COc1nn(-c2cccc(NC(C)=O)c2)c(=O)n(Cc2ccc([N+](=O)[O-])cc2)c1=O. The van der Waals surface area contributed by atoms with Crippen molar-refractivity contribution in [1.82, 2.24) is 14.3 Å². The Morgan fingerprint density at radius 3 is 2.50 bits per heavy atom. The minimum absolute atomic E-state index is 0.106. The van der Waals surface area contributed by atoms with Crippen LogP contribution < -0.4 is 21.3 Å². The Balaban J connectivity index is 2.09. The molecule has 0 atom stereocenters. The van der Waals surface area contributed by atoms with Crippen LogP contribution >= 0.6 is 0 Å². The van der Waals surface area contributed by atoms with E-state index in [0.717, 1.165) is 9.25 Å². The second kappa shape index (κ2) is 8.39. The molecule has 3 aromatic rings. The summed E-state index contributed by atoms with van der Waals surface area (Å²) in [6.07, 6.45) is 0. The molecule has 1 heterocycles. The van der Waals surface area contributed by atoms with Crippen LogP contribution in [-0.4, -0.2) is 32.3 Å². The summed E-state index contributed by atoms with van der Waals surface area (Å²) >= 11 is 0. The summed E-state index contributed by atoms with van der Waals surface area (Å²) in [5.41, 5.74) is -0.325. The van der Waals surface area contributed by atoms with Crippen LogP contribution in [0.15, 0.2) is 58.1 Å². The normalized spacial score (nSPS) is 10.5. The van der Waals surface area contributed by atoms with Crippen LogP contribution in [-0.2, 0) is 11.3 Å². The van der Waals surface area contributed by atoms with Crippen LogP contribution in [0.2, 0.25) is 0 Å². The van der Waals surface area contributed by atoms with Gasteiger partial charge < -0.3 is 10.1 Å². The van der Waals surface area contributed by atoms with Crippen LogP contribution in [0, 0.1) is 10.1 Å². The first-order valence-corrected chi connectivity index (χ1v) is 8.69. The third-order valence-corrected chi connectivity index (χ3v) is 4.12. The summed E-state index contributed by atoms with van der Waals surface area (Å²) in [5, 5.41) is 17.4. The molecule has 1 N–H and O–H groups in total. The Morgan fingerprint density at radius 2 is 1.90 bits per heavy atom. The fourth-order valence-electron chi connectivity index (χ4n) is 2.75. The van der Waals surface area contributed by atoms with E-state index in [4.69, 9.17) is 4.74 Å². The van der Waals surface area contributed by atoms with E-state index in [1.165, 1.54) is 44.4 Å². The molecule has 0 aliphatic rings. The van der Waals surface area contributed by atoms with E-state index in [9.17, 15) is 24.5 Å². The number of carbonyl (C=O) groups is 1. The summed E-state index contributed by atoms with van der Waals surface area (Å²) < 4.78 is 6.92. The molecular weight excluding hydrogens is 394 g/mol. The highest BCUT2D eigenvalue weighted by atomic mass is 16.6. The number of nitrogens with zero attached hydrogens (tertiary/aromatic N) is 4. The molecule has 154 valence electrons. The smallest absolute Gasteiger partial charge is 0.352 e. The van der Waals surface area contributed by atoms with Crippen molar-refractivity contribution >= 4 is 17.3 Å². The highest BCUT2D eigenvalue weighted by Gasteiger charge is 2.16. The fourth-order valence-corrected chi connectivity index (χ4v) is 2.75. The zero-order chi connectivity index (χ0) is 21.8. The number of nitro groups is 1. The summed E-state index contributed by atoms with van der Waals surface area (Å²) in [5.74, 6) is -0.588. The van der Waals surface area contributed by atoms with Gasteiger partial charge in [-0.3, -0.25) is 19.7 Å². The summed E-state index contributed by atoms with van der Waals surface area (Å²) in [4.78, 5) is 47.1. The zero-order valence-electron chi connectivity index (χ0n) is 16.1. The maximum absolute atomic E-state index is 13.0. The highest BCUT2D eigenvalue weighted by Crippen LogP contribution is 2.14. The summed E-state index contributed by atoms with van der Waals surface area (Å²) in [7, 11) is 1.25. The van der Waals surface area contributed by atoms with Gasteiger partial charge in [-0.15, -0.1) is 5.10 Å². The zero-order valence-corrected chi connectivity index (χ0v) is 16.1. The van der Waals surface area contributed by atoms with Crippen LogP contribution in [0.4, 0.5) is 11.4 Å². The van der Waals surface area contributed by atoms with Gasteiger partial charge in [-0.05, 0) is 23.8 Å². The Kier molecular flexibility index (Phi) is 5.72. The minimum atomic E-state index is -0.741. The van der Waals surface area contributed by atoms with Gasteiger partial charge in [-0.2, -0.15) is 4.68 Å². The van der Waals surface area contributed by atoms with Crippen molar-refractivity contribution in [2.24, 2.45) is 0 Å². The number of benzene rings is 2. The number of amides is 1. The maximum atomic E-state index is 13.0. The molecule has 1 aromatic heterocycles. The molecule has 11 heteroatoms. The minimum Gasteiger partial charge on any atom is -0.476 e. The first-order valence-electron chi connectivity index (χ1n) is 8.69. The number of non-ortho nitro benzene ring substituents is 1. The van der Waals surface area contributed by atoms with Crippen LogP contribution in [0.1, 0.15) is 12.5 Å². The molecule has 0 unspecified atom stereocenters. The molecule has 30 heavy (non-hydrogen) atoms. The van der Waals surface area contributed by atoms with E-state index in [-0.39, 0.29) is 24.0 Å². The third kappa shape index (κ3) is 4.24. The van der Waals surface area contributed by atoms with Crippen LogP contribution in [0.3, 0.4) is 0 Å². The number of hydrogen-bond donors (Lipinski definition) is 1. The van der Waals surface area contributed by atoms with Crippen molar-refractivity contribution < 1.29 is 14.5 Å². The third-order valence-electron chi connectivity index (χ3n) is 4.12. The van der Waals surface area contributed by atoms with Gasteiger partial charge in [-0.1, -0.05) is 18.2 Å². The Bertz CT molecular complexity index is 1230. The first kappa shape index (κ1) is 20.5. The number of methoxy groups -OCH3 is 1. The molecule has 0 spiro atoms. The number of hydrogen-bond acceptors (Lipinski definition) is 7. The van der Waals surface area contributed by atoms with E-state index in [1.807, 2.05) is 0 Å².